The summed E-state index contributed by atoms with van der Waals surface area (Å²) in [6.07, 6.45) is 2.04. The molecule has 0 aromatic carbocycles. The molecule has 0 saturated heterocycles. The monoisotopic (exact) mass is 222 g/mol. The molecule has 2 radical (unpaired) electrons. The average Bonchev–Trinajstić information content (AvgIpc) is 2.13. The summed E-state index contributed by atoms with van der Waals surface area (Å²) in [7, 11) is 5.61. The van der Waals surface area contributed by atoms with E-state index >= 15 is 0 Å². The van der Waals surface area contributed by atoms with Gasteiger partial charge >= 0.3 is 5.97 Å². The molecule has 16 heavy (non-hydrogen) atoms. The molecule has 0 aliphatic rings. The van der Waals surface area contributed by atoms with E-state index in [4.69, 9.17) is 17.3 Å². The van der Waals surface area contributed by atoms with Crippen LogP contribution < -0.4 is 0 Å². The first-order chi connectivity index (χ1) is 7.14. The average molecular weight is 222 g/mol. The second-order valence-corrected chi connectivity index (χ2v) is 3.80. The summed E-state index contributed by atoms with van der Waals surface area (Å²) in [6, 6.07) is 0. The Morgan fingerprint density at radius 3 is 2.06 bits per heavy atom. The number of carbonyl (C=O) groups excluding carboxylic acids is 2. The maximum absolute atomic E-state index is 11.3. The van der Waals surface area contributed by atoms with Crippen LogP contribution in [0, 0.1) is 0 Å². The summed E-state index contributed by atoms with van der Waals surface area (Å²) in [6.45, 7) is 10.8. The molecular weight excluding hydrogens is 207 g/mol. The molecule has 0 aliphatic heterocycles. The van der Waals surface area contributed by atoms with Crippen molar-refractivity contribution in [2.45, 2.75) is 32.1 Å². The Kier molecular flexibility index (Phi) is 4.69. The van der Waals surface area contributed by atoms with E-state index in [1.54, 1.807) is 0 Å². The van der Waals surface area contributed by atoms with Crippen molar-refractivity contribution in [2.75, 3.05) is 0 Å². The lowest BCUT2D eigenvalue weighted by Crippen LogP contribution is -2.46. The number of ether oxygens (including phenoxy) is 2. The molecule has 86 valence electrons. The van der Waals surface area contributed by atoms with Crippen LogP contribution in [0.25, 0.3) is 0 Å². The van der Waals surface area contributed by atoms with Crippen LogP contribution in [0.1, 0.15) is 20.8 Å². The SMILES string of the molecule is [B]C(C)(OC(C)(C)OC(=O)C=C)C(=O)C=C. The molecule has 1 unspecified atom stereocenters. The highest BCUT2D eigenvalue weighted by atomic mass is 16.7. The van der Waals surface area contributed by atoms with Crippen molar-refractivity contribution in [3.63, 3.8) is 0 Å². The highest BCUT2D eigenvalue weighted by Gasteiger charge is 2.35. The van der Waals surface area contributed by atoms with Gasteiger partial charge in [0.1, 0.15) is 7.85 Å². The Labute approximate surface area is 96.7 Å². The van der Waals surface area contributed by atoms with Crippen LogP contribution in [0.5, 0.6) is 0 Å². The molecule has 0 spiro atoms. The van der Waals surface area contributed by atoms with E-state index in [2.05, 4.69) is 13.2 Å². The summed E-state index contributed by atoms with van der Waals surface area (Å²) in [5.41, 5.74) is -1.59. The van der Waals surface area contributed by atoms with E-state index in [-0.39, 0.29) is 0 Å². The Morgan fingerprint density at radius 1 is 1.19 bits per heavy atom. The third kappa shape index (κ3) is 4.44. The fourth-order valence-electron chi connectivity index (χ4n) is 1.07. The minimum absolute atomic E-state index is 0.504. The van der Waals surface area contributed by atoms with Crippen molar-refractivity contribution >= 4 is 19.6 Å². The van der Waals surface area contributed by atoms with Crippen LogP contribution in [0.3, 0.4) is 0 Å². The minimum Gasteiger partial charge on any atom is -0.431 e. The van der Waals surface area contributed by atoms with Gasteiger partial charge in [-0.05, 0) is 13.0 Å². The van der Waals surface area contributed by atoms with Gasteiger partial charge in [0.2, 0.25) is 5.79 Å². The van der Waals surface area contributed by atoms with Gasteiger partial charge in [-0.1, -0.05) is 13.2 Å². The first-order valence-electron chi connectivity index (χ1n) is 4.66. The number of rotatable bonds is 6. The summed E-state index contributed by atoms with van der Waals surface area (Å²) in [4.78, 5) is 22.3. The lowest BCUT2D eigenvalue weighted by atomic mass is 9.79. The van der Waals surface area contributed by atoms with Gasteiger partial charge < -0.3 is 9.47 Å². The van der Waals surface area contributed by atoms with E-state index in [0.29, 0.717) is 0 Å². The van der Waals surface area contributed by atoms with Crippen molar-refractivity contribution in [3.05, 3.63) is 25.3 Å². The summed E-state index contributed by atoms with van der Waals surface area (Å²) in [5.74, 6) is -2.49. The first kappa shape index (κ1) is 14.6. The number of hydrogen-bond donors (Lipinski definition) is 0. The summed E-state index contributed by atoms with van der Waals surface area (Å²) in [5, 5.41) is 0. The lowest BCUT2D eigenvalue weighted by Gasteiger charge is -2.34. The van der Waals surface area contributed by atoms with Crippen molar-refractivity contribution in [2.24, 2.45) is 0 Å². The van der Waals surface area contributed by atoms with Gasteiger partial charge in [0.25, 0.3) is 0 Å². The predicted molar refractivity (Wildman–Crippen MR) is 60.8 cm³/mol. The molecule has 0 aromatic heterocycles. The molecule has 5 heteroatoms. The number of esters is 1. The van der Waals surface area contributed by atoms with Gasteiger partial charge in [-0.25, -0.2) is 4.79 Å². The quantitative estimate of drug-likeness (QED) is 0.292. The third-order valence-corrected chi connectivity index (χ3v) is 1.65. The predicted octanol–water partition coefficient (Wildman–Crippen LogP) is 1.11. The number of carbonyl (C=O) groups is 2. The van der Waals surface area contributed by atoms with Crippen LogP contribution in [-0.2, 0) is 19.1 Å². The largest absolute Gasteiger partial charge is 0.431 e. The van der Waals surface area contributed by atoms with Crippen molar-refractivity contribution in [3.8, 4) is 0 Å². The van der Waals surface area contributed by atoms with Crippen molar-refractivity contribution < 1.29 is 19.1 Å². The van der Waals surface area contributed by atoms with Gasteiger partial charge in [0, 0.05) is 19.9 Å². The Morgan fingerprint density at radius 2 is 1.69 bits per heavy atom. The smallest absolute Gasteiger partial charge is 0.332 e. The highest BCUT2D eigenvalue weighted by Crippen LogP contribution is 2.20. The van der Waals surface area contributed by atoms with Gasteiger partial charge in [-0.3, -0.25) is 4.79 Å². The van der Waals surface area contributed by atoms with E-state index in [1.807, 2.05) is 0 Å². The van der Waals surface area contributed by atoms with Gasteiger partial charge in [-0.2, -0.15) is 0 Å². The molecule has 0 aromatic rings. The molecule has 0 amide bonds. The standard InChI is InChI=1S/C11H15BO4/c1-6-8(13)11(5,12)16-10(3,4)15-9(14)7-2/h6-7H,1-2H2,3-5H3. The molecular formula is C11H15BO4. The van der Waals surface area contributed by atoms with Gasteiger partial charge in [-0.15, -0.1) is 0 Å². The van der Waals surface area contributed by atoms with Crippen LogP contribution in [0.4, 0.5) is 0 Å². The molecule has 0 fully saturated rings. The molecule has 0 rings (SSSR count). The van der Waals surface area contributed by atoms with Crippen molar-refractivity contribution in [1.82, 2.24) is 0 Å². The highest BCUT2D eigenvalue weighted by molar-refractivity contribution is 6.29. The summed E-state index contributed by atoms with van der Waals surface area (Å²) >= 11 is 0. The van der Waals surface area contributed by atoms with E-state index in [0.717, 1.165) is 12.2 Å². The number of ketones is 1. The van der Waals surface area contributed by atoms with Gasteiger partial charge in [0.05, 0.1) is 5.50 Å². The first-order valence-corrected chi connectivity index (χ1v) is 4.66. The molecule has 0 bridgehead atoms. The maximum Gasteiger partial charge on any atom is 0.332 e. The van der Waals surface area contributed by atoms with Crippen LogP contribution in [0.15, 0.2) is 25.3 Å². The fourth-order valence-corrected chi connectivity index (χ4v) is 1.07. The molecule has 4 nitrogen and oxygen atoms in total. The third-order valence-electron chi connectivity index (χ3n) is 1.65. The van der Waals surface area contributed by atoms with E-state index < -0.39 is 23.0 Å². The Balaban J connectivity index is 4.68. The fraction of sp³-hybridized carbons (Fsp3) is 0.455. The van der Waals surface area contributed by atoms with E-state index in [9.17, 15) is 9.59 Å². The zero-order chi connectivity index (χ0) is 13.0. The molecule has 0 saturated carbocycles. The zero-order valence-corrected chi connectivity index (χ0v) is 9.78. The second kappa shape index (κ2) is 5.12. The molecule has 1 atom stereocenters. The maximum atomic E-state index is 11.3. The van der Waals surface area contributed by atoms with Crippen LogP contribution in [-0.4, -0.2) is 30.9 Å². The topological polar surface area (TPSA) is 52.6 Å². The lowest BCUT2D eigenvalue weighted by molar-refractivity contribution is -0.232. The Hall–Kier alpha value is -1.36. The molecule has 0 aliphatic carbocycles. The minimum atomic E-state index is -1.59. The second-order valence-electron chi connectivity index (χ2n) is 3.80. The zero-order valence-electron chi connectivity index (χ0n) is 9.78. The van der Waals surface area contributed by atoms with Gasteiger partial charge in [0.15, 0.2) is 5.78 Å². The molecule has 0 N–H and O–H groups in total. The number of hydrogen-bond acceptors (Lipinski definition) is 4. The molecule has 0 heterocycles. The Bertz CT molecular complexity index is 318. The van der Waals surface area contributed by atoms with Crippen molar-refractivity contribution in [1.29, 1.82) is 0 Å². The summed E-state index contributed by atoms with van der Waals surface area (Å²) < 4.78 is 10.1. The van der Waals surface area contributed by atoms with E-state index in [1.165, 1.54) is 20.8 Å². The normalized spacial score (nSPS) is 14.7. The van der Waals surface area contributed by atoms with Crippen LogP contribution >= 0.6 is 0 Å². The van der Waals surface area contributed by atoms with Crippen LogP contribution in [0.2, 0.25) is 0 Å².